The molecule has 2 aromatic rings. The van der Waals surface area contributed by atoms with Gasteiger partial charge in [-0.15, -0.1) is 0 Å². The molecule has 0 aliphatic carbocycles. The summed E-state index contributed by atoms with van der Waals surface area (Å²) >= 11 is 1.75. The summed E-state index contributed by atoms with van der Waals surface area (Å²) in [6.45, 7) is 0.698. The van der Waals surface area contributed by atoms with Crippen molar-refractivity contribution in [2.45, 2.75) is 18.6 Å². The van der Waals surface area contributed by atoms with Crippen LogP contribution in [-0.2, 0) is 10.5 Å². The largest absolute Gasteiger partial charge is 0.494 e. The van der Waals surface area contributed by atoms with Gasteiger partial charge in [0.2, 0.25) is 5.91 Å². The lowest BCUT2D eigenvalue weighted by Gasteiger charge is -2.19. The molecule has 5 nitrogen and oxygen atoms in total. The van der Waals surface area contributed by atoms with Gasteiger partial charge in [-0.05, 0) is 42.5 Å². The Kier molecular flexibility index (Phi) is 5.83. The first kappa shape index (κ1) is 18.3. The molecule has 0 bridgehead atoms. The maximum atomic E-state index is 12.5. The molecule has 1 heterocycles. The second-order valence-corrected chi connectivity index (χ2v) is 6.99. The number of nitrogens with one attached hydrogen (secondary N) is 1. The van der Waals surface area contributed by atoms with Crippen LogP contribution in [0, 0.1) is 0 Å². The minimum atomic E-state index is -0.173. The molecule has 0 atom stereocenters. The number of rotatable bonds is 6. The summed E-state index contributed by atoms with van der Waals surface area (Å²) in [7, 11) is 1.56. The standard InChI is InChI=1S/C20H22N2O3S/c1-25-18-12-16(9-10-17(18)22-11-3-4-19(22)23)21-20(24)15-7-5-14(6-8-15)13-26-2/h5-10,12H,3-4,11,13H2,1-2H3,(H,21,24). The van der Waals surface area contributed by atoms with Gasteiger partial charge in [-0.2, -0.15) is 11.8 Å². The molecule has 136 valence electrons. The van der Waals surface area contributed by atoms with Crippen LogP contribution in [0.4, 0.5) is 11.4 Å². The highest BCUT2D eigenvalue weighted by atomic mass is 32.2. The molecule has 0 spiro atoms. The van der Waals surface area contributed by atoms with E-state index < -0.39 is 0 Å². The Morgan fingerprint density at radius 2 is 2.00 bits per heavy atom. The van der Waals surface area contributed by atoms with Gasteiger partial charge in [0, 0.05) is 36.0 Å². The van der Waals surface area contributed by atoms with E-state index in [0.717, 1.165) is 17.9 Å². The predicted octanol–water partition coefficient (Wildman–Crippen LogP) is 3.94. The van der Waals surface area contributed by atoms with Crippen molar-refractivity contribution in [3.63, 3.8) is 0 Å². The molecule has 6 heteroatoms. The van der Waals surface area contributed by atoms with Crippen molar-refractivity contribution in [1.29, 1.82) is 0 Å². The second-order valence-electron chi connectivity index (χ2n) is 6.12. The number of hydrogen-bond acceptors (Lipinski definition) is 4. The molecule has 3 rings (SSSR count). The van der Waals surface area contributed by atoms with E-state index >= 15 is 0 Å². The molecule has 26 heavy (non-hydrogen) atoms. The van der Waals surface area contributed by atoms with E-state index in [1.54, 1.807) is 35.9 Å². The van der Waals surface area contributed by atoms with E-state index in [9.17, 15) is 9.59 Å². The Morgan fingerprint density at radius 3 is 2.62 bits per heavy atom. The van der Waals surface area contributed by atoms with Crippen LogP contribution in [0.2, 0.25) is 0 Å². The number of hydrogen-bond donors (Lipinski definition) is 1. The zero-order valence-electron chi connectivity index (χ0n) is 15.0. The molecule has 1 aliphatic rings. The first-order chi connectivity index (χ1) is 12.6. The van der Waals surface area contributed by atoms with Crippen molar-refractivity contribution in [3.8, 4) is 5.75 Å². The van der Waals surface area contributed by atoms with Crippen LogP contribution >= 0.6 is 11.8 Å². The third-order valence-electron chi connectivity index (χ3n) is 4.33. The fourth-order valence-electron chi connectivity index (χ4n) is 3.00. The number of nitrogens with zero attached hydrogens (tertiary/aromatic N) is 1. The van der Waals surface area contributed by atoms with E-state index in [1.807, 2.05) is 36.6 Å². The van der Waals surface area contributed by atoms with Crippen LogP contribution in [-0.4, -0.2) is 31.7 Å². The van der Waals surface area contributed by atoms with Crippen LogP contribution in [0.15, 0.2) is 42.5 Å². The monoisotopic (exact) mass is 370 g/mol. The molecular formula is C20H22N2O3S. The van der Waals surface area contributed by atoms with Gasteiger partial charge >= 0.3 is 0 Å². The molecule has 1 saturated heterocycles. The summed E-state index contributed by atoms with van der Waals surface area (Å²) in [5.41, 5.74) is 3.17. The summed E-state index contributed by atoms with van der Waals surface area (Å²) in [5, 5.41) is 2.89. The van der Waals surface area contributed by atoms with Gasteiger partial charge in [-0.3, -0.25) is 9.59 Å². The minimum Gasteiger partial charge on any atom is -0.494 e. The van der Waals surface area contributed by atoms with Gasteiger partial charge in [-0.25, -0.2) is 0 Å². The van der Waals surface area contributed by atoms with Crippen molar-refractivity contribution in [1.82, 2.24) is 0 Å². The average Bonchev–Trinajstić information content (AvgIpc) is 3.08. The molecule has 0 saturated carbocycles. The Hall–Kier alpha value is -2.47. The Balaban J connectivity index is 1.75. The highest BCUT2D eigenvalue weighted by Gasteiger charge is 2.24. The zero-order valence-corrected chi connectivity index (χ0v) is 15.8. The van der Waals surface area contributed by atoms with E-state index in [0.29, 0.717) is 30.0 Å². The van der Waals surface area contributed by atoms with Gasteiger partial charge in [-0.1, -0.05) is 12.1 Å². The lowest BCUT2D eigenvalue weighted by molar-refractivity contribution is -0.117. The number of anilines is 2. The summed E-state index contributed by atoms with van der Waals surface area (Å²) < 4.78 is 5.43. The van der Waals surface area contributed by atoms with Gasteiger partial charge < -0.3 is 15.0 Å². The third kappa shape index (κ3) is 4.02. The highest BCUT2D eigenvalue weighted by Crippen LogP contribution is 2.34. The minimum absolute atomic E-state index is 0.102. The molecule has 0 unspecified atom stereocenters. The number of benzene rings is 2. The van der Waals surface area contributed by atoms with Crippen LogP contribution in [0.5, 0.6) is 5.75 Å². The number of ether oxygens (including phenoxy) is 1. The van der Waals surface area contributed by atoms with Crippen molar-refractivity contribution in [2.24, 2.45) is 0 Å². The average molecular weight is 370 g/mol. The highest BCUT2D eigenvalue weighted by molar-refractivity contribution is 7.97. The third-order valence-corrected chi connectivity index (χ3v) is 4.95. The quantitative estimate of drug-likeness (QED) is 0.837. The Labute approximate surface area is 157 Å². The molecule has 1 N–H and O–H groups in total. The van der Waals surface area contributed by atoms with E-state index in [2.05, 4.69) is 5.32 Å². The first-order valence-electron chi connectivity index (χ1n) is 8.50. The van der Waals surface area contributed by atoms with Crippen LogP contribution < -0.4 is 15.0 Å². The summed E-state index contributed by atoms with van der Waals surface area (Å²) in [6, 6.07) is 13.0. The number of thioether (sulfide) groups is 1. The van der Waals surface area contributed by atoms with Gasteiger partial charge in [0.1, 0.15) is 5.75 Å². The normalized spacial score (nSPS) is 13.8. The lowest BCUT2D eigenvalue weighted by atomic mass is 10.1. The summed E-state index contributed by atoms with van der Waals surface area (Å²) in [5.74, 6) is 1.43. The molecule has 1 fully saturated rings. The van der Waals surface area contributed by atoms with Crippen molar-refractivity contribution < 1.29 is 14.3 Å². The zero-order chi connectivity index (χ0) is 18.5. The number of amides is 2. The first-order valence-corrected chi connectivity index (χ1v) is 9.89. The summed E-state index contributed by atoms with van der Waals surface area (Å²) in [4.78, 5) is 26.1. The van der Waals surface area contributed by atoms with Gasteiger partial charge in [0.15, 0.2) is 0 Å². The Morgan fingerprint density at radius 1 is 1.23 bits per heavy atom. The fourth-order valence-corrected chi connectivity index (χ4v) is 3.53. The predicted molar refractivity (Wildman–Crippen MR) is 106 cm³/mol. The van der Waals surface area contributed by atoms with Gasteiger partial charge in [0.05, 0.1) is 12.8 Å². The van der Waals surface area contributed by atoms with E-state index in [4.69, 9.17) is 4.74 Å². The van der Waals surface area contributed by atoms with Crippen LogP contribution in [0.25, 0.3) is 0 Å². The molecular weight excluding hydrogens is 348 g/mol. The van der Waals surface area contributed by atoms with Crippen molar-refractivity contribution in [3.05, 3.63) is 53.6 Å². The number of carbonyl (C=O) groups excluding carboxylic acids is 2. The fraction of sp³-hybridized carbons (Fsp3) is 0.300. The van der Waals surface area contributed by atoms with Crippen LogP contribution in [0.1, 0.15) is 28.8 Å². The number of methoxy groups -OCH3 is 1. The maximum absolute atomic E-state index is 12.5. The number of carbonyl (C=O) groups is 2. The Bertz CT molecular complexity index is 805. The van der Waals surface area contributed by atoms with Crippen molar-refractivity contribution >= 4 is 35.0 Å². The van der Waals surface area contributed by atoms with Gasteiger partial charge in [0.25, 0.3) is 5.91 Å². The SMILES string of the molecule is COc1cc(NC(=O)c2ccc(CSC)cc2)ccc1N1CCCC1=O. The van der Waals surface area contributed by atoms with E-state index in [-0.39, 0.29) is 11.8 Å². The van der Waals surface area contributed by atoms with Crippen molar-refractivity contribution in [2.75, 3.05) is 30.1 Å². The molecule has 0 aromatic heterocycles. The molecule has 1 aliphatic heterocycles. The second kappa shape index (κ2) is 8.27. The molecule has 2 amide bonds. The summed E-state index contributed by atoms with van der Waals surface area (Å²) in [6.07, 6.45) is 3.47. The molecule has 0 radical (unpaired) electrons. The maximum Gasteiger partial charge on any atom is 0.255 e. The molecule has 2 aromatic carbocycles. The lowest BCUT2D eigenvalue weighted by Crippen LogP contribution is -2.24. The smallest absolute Gasteiger partial charge is 0.255 e. The van der Waals surface area contributed by atoms with Crippen LogP contribution in [0.3, 0.4) is 0 Å². The van der Waals surface area contributed by atoms with E-state index in [1.165, 1.54) is 5.56 Å². The topological polar surface area (TPSA) is 58.6 Å².